The van der Waals surface area contributed by atoms with Crippen molar-refractivity contribution in [2.75, 3.05) is 20.6 Å². The molecular weight excluding hydrogens is 184 g/mol. The standard InChI is InChI=1S/C9H18N2OS/c1-10-9(12)4-3-7-5-8(13)6-11(7)2/h7-8,13H,3-6H2,1-2H3,(H,10,12)/t7-,8+/m1/s1. The third-order valence-corrected chi connectivity index (χ3v) is 3.02. The molecule has 0 bridgehead atoms. The van der Waals surface area contributed by atoms with Crippen LogP contribution in [0.5, 0.6) is 0 Å². The number of carbonyl (C=O) groups excluding carboxylic acids is 1. The van der Waals surface area contributed by atoms with Gasteiger partial charge in [-0.05, 0) is 19.9 Å². The Balaban J connectivity index is 2.25. The Morgan fingerprint density at radius 2 is 2.38 bits per heavy atom. The minimum Gasteiger partial charge on any atom is -0.359 e. The first kappa shape index (κ1) is 10.9. The molecule has 1 aliphatic rings. The third kappa shape index (κ3) is 3.19. The maximum absolute atomic E-state index is 11.0. The average molecular weight is 202 g/mol. The van der Waals surface area contributed by atoms with Crippen LogP contribution in [-0.2, 0) is 4.79 Å². The summed E-state index contributed by atoms with van der Waals surface area (Å²) in [7, 11) is 3.78. The van der Waals surface area contributed by atoms with Gasteiger partial charge in [0.25, 0.3) is 0 Å². The Kier molecular flexibility index (Phi) is 4.06. The number of nitrogens with one attached hydrogen (secondary N) is 1. The van der Waals surface area contributed by atoms with Crippen LogP contribution >= 0.6 is 12.6 Å². The minimum absolute atomic E-state index is 0.135. The maximum Gasteiger partial charge on any atom is 0.219 e. The fourth-order valence-corrected chi connectivity index (χ4v) is 2.31. The van der Waals surface area contributed by atoms with Crippen molar-refractivity contribution in [1.29, 1.82) is 0 Å². The first-order chi connectivity index (χ1) is 6.13. The highest BCUT2D eigenvalue weighted by atomic mass is 32.1. The Morgan fingerprint density at radius 3 is 2.85 bits per heavy atom. The summed E-state index contributed by atoms with van der Waals surface area (Å²) < 4.78 is 0. The lowest BCUT2D eigenvalue weighted by atomic mass is 10.1. The molecular formula is C9H18N2OS. The minimum atomic E-state index is 0.135. The normalized spacial score (nSPS) is 29.2. The van der Waals surface area contributed by atoms with E-state index in [2.05, 4.69) is 29.9 Å². The van der Waals surface area contributed by atoms with Crippen molar-refractivity contribution < 1.29 is 4.79 Å². The zero-order valence-corrected chi connectivity index (χ0v) is 9.18. The van der Waals surface area contributed by atoms with Crippen molar-refractivity contribution in [1.82, 2.24) is 10.2 Å². The number of likely N-dealkylation sites (tertiary alicyclic amines) is 1. The summed E-state index contributed by atoms with van der Waals surface area (Å²) in [4.78, 5) is 13.3. The molecule has 3 nitrogen and oxygen atoms in total. The molecule has 0 aromatic heterocycles. The predicted molar refractivity (Wildman–Crippen MR) is 57.1 cm³/mol. The molecule has 2 atom stereocenters. The molecule has 0 aliphatic carbocycles. The number of hydrogen-bond donors (Lipinski definition) is 2. The number of nitrogens with zero attached hydrogens (tertiary/aromatic N) is 1. The van der Waals surface area contributed by atoms with Crippen LogP contribution in [0.3, 0.4) is 0 Å². The van der Waals surface area contributed by atoms with E-state index >= 15 is 0 Å². The first-order valence-corrected chi connectivity index (χ1v) is 5.24. The monoisotopic (exact) mass is 202 g/mol. The molecule has 13 heavy (non-hydrogen) atoms. The highest BCUT2D eigenvalue weighted by Crippen LogP contribution is 2.23. The number of thiol groups is 1. The summed E-state index contributed by atoms with van der Waals surface area (Å²) in [5.74, 6) is 0.135. The van der Waals surface area contributed by atoms with Crippen molar-refractivity contribution in [3.05, 3.63) is 0 Å². The number of amides is 1. The van der Waals surface area contributed by atoms with E-state index in [1.54, 1.807) is 7.05 Å². The molecule has 0 aromatic carbocycles. The number of carbonyl (C=O) groups is 1. The van der Waals surface area contributed by atoms with Crippen molar-refractivity contribution in [3.63, 3.8) is 0 Å². The zero-order chi connectivity index (χ0) is 9.84. The summed E-state index contributed by atoms with van der Waals surface area (Å²) in [5.41, 5.74) is 0. The van der Waals surface area contributed by atoms with Crippen LogP contribution in [0.15, 0.2) is 0 Å². The van der Waals surface area contributed by atoms with Gasteiger partial charge in [-0.2, -0.15) is 12.6 Å². The molecule has 0 unspecified atom stereocenters. The van der Waals surface area contributed by atoms with Gasteiger partial charge < -0.3 is 10.2 Å². The lowest BCUT2D eigenvalue weighted by Crippen LogP contribution is -2.27. The molecule has 1 saturated heterocycles. The van der Waals surface area contributed by atoms with Crippen molar-refractivity contribution in [2.45, 2.75) is 30.6 Å². The Morgan fingerprint density at radius 1 is 1.69 bits per heavy atom. The van der Waals surface area contributed by atoms with Gasteiger partial charge in [0.1, 0.15) is 0 Å². The Labute approximate surface area is 85.3 Å². The smallest absolute Gasteiger partial charge is 0.219 e. The molecule has 0 spiro atoms. The van der Waals surface area contributed by atoms with E-state index in [0.717, 1.165) is 19.4 Å². The third-order valence-electron chi connectivity index (χ3n) is 2.65. The van der Waals surface area contributed by atoms with Gasteiger partial charge in [-0.3, -0.25) is 4.79 Å². The van der Waals surface area contributed by atoms with Gasteiger partial charge in [0.2, 0.25) is 5.91 Å². The fraction of sp³-hybridized carbons (Fsp3) is 0.889. The molecule has 76 valence electrons. The van der Waals surface area contributed by atoms with Gasteiger partial charge in [0.15, 0.2) is 0 Å². The number of rotatable bonds is 3. The van der Waals surface area contributed by atoms with Crippen LogP contribution in [0.2, 0.25) is 0 Å². The van der Waals surface area contributed by atoms with Crippen LogP contribution in [0.1, 0.15) is 19.3 Å². The van der Waals surface area contributed by atoms with Gasteiger partial charge in [-0.15, -0.1) is 0 Å². The van der Waals surface area contributed by atoms with E-state index < -0.39 is 0 Å². The Hall–Kier alpha value is -0.220. The maximum atomic E-state index is 11.0. The van der Waals surface area contributed by atoms with Crippen LogP contribution in [-0.4, -0.2) is 42.7 Å². The summed E-state index contributed by atoms with van der Waals surface area (Å²) >= 11 is 4.44. The second-order valence-corrected chi connectivity index (χ2v) is 4.43. The topological polar surface area (TPSA) is 32.3 Å². The molecule has 1 heterocycles. The Bertz CT molecular complexity index is 186. The van der Waals surface area contributed by atoms with Gasteiger partial charge in [-0.25, -0.2) is 0 Å². The molecule has 0 aromatic rings. The van der Waals surface area contributed by atoms with Crippen molar-refractivity contribution in [3.8, 4) is 0 Å². The molecule has 1 N–H and O–H groups in total. The fourth-order valence-electron chi connectivity index (χ4n) is 1.81. The van der Waals surface area contributed by atoms with Gasteiger partial charge in [-0.1, -0.05) is 0 Å². The van der Waals surface area contributed by atoms with Crippen LogP contribution in [0.4, 0.5) is 0 Å². The van der Waals surface area contributed by atoms with E-state index in [4.69, 9.17) is 0 Å². The largest absolute Gasteiger partial charge is 0.359 e. The molecule has 0 saturated carbocycles. The average Bonchev–Trinajstić information content (AvgIpc) is 2.41. The van der Waals surface area contributed by atoms with E-state index in [1.165, 1.54) is 0 Å². The predicted octanol–water partition coefficient (Wildman–Crippen LogP) is 0.515. The summed E-state index contributed by atoms with van der Waals surface area (Å²) in [6.45, 7) is 1.04. The van der Waals surface area contributed by atoms with Gasteiger partial charge in [0, 0.05) is 31.3 Å². The van der Waals surface area contributed by atoms with E-state index in [-0.39, 0.29) is 5.91 Å². The second kappa shape index (κ2) is 4.86. The summed E-state index contributed by atoms with van der Waals surface area (Å²) in [6.07, 6.45) is 2.69. The van der Waals surface area contributed by atoms with Gasteiger partial charge >= 0.3 is 0 Å². The molecule has 1 aliphatic heterocycles. The zero-order valence-electron chi connectivity index (χ0n) is 8.29. The second-order valence-electron chi connectivity index (χ2n) is 3.69. The lowest BCUT2D eigenvalue weighted by molar-refractivity contribution is -0.120. The molecule has 1 amide bonds. The van der Waals surface area contributed by atoms with E-state index in [9.17, 15) is 4.79 Å². The molecule has 4 heteroatoms. The first-order valence-electron chi connectivity index (χ1n) is 4.72. The van der Waals surface area contributed by atoms with Gasteiger partial charge in [0.05, 0.1) is 0 Å². The van der Waals surface area contributed by atoms with E-state index in [0.29, 0.717) is 17.7 Å². The summed E-state index contributed by atoms with van der Waals surface area (Å²) in [6, 6.07) is 0.541. The lowest BCUT2D eigenvalue weighted by Gasteiger charge is -2.18. The van der Waals surface area contributed by atoms with Crippen molar-refractivity contribution in [2.24, 2.45) is 0 Å². The molecule has 0 radical (unpaired) electrons. The number of hydrogen-bond acceptors (Lipinski definition) is 3. The van der Waals surface area contributed by atoms with Crippen LogP contribution in [0, 0.1) is 0 Å². The highest BCUT2D eigenvalue weighted by Gasteiger charge is 2.26. The highest BCUT2D eigenvalue weighted by molar-refractivity contribution is 7.81. The SMILES string of the molecule is CNC(=O)CC[C@@H]1C[C@H](S)CN1C. The van der Waals surface area contributed by atoms with Crippen LogP contribution < -0.4 is 5.32 Å². The quantitative estimate of drug-likeness (QED) is 0.654. The molecule has 1 fully saturated rings. The van der Waals surface area contributed by atoms with Crippen molar-refractivity contribution >= 4 is 18.5 Å². The molecule has 1 rings (SSSR count). The van der Waals surface area contributed by atoms with E-state index in [1.807, 2.05) is 0 Å². The van der Waals surface area contributed by atoms with Crippen LogP contribution in [0.25, 0.3) is 0 Å². The summed E-state index contributed by atoms with van der Waals surface area (Å²) in [5, 5.41) is 3.12.